The summed E-state index contributed by atoms with van der Waals surface area (Å²) in [5, 5.41) is 0.987. The van der Waals surface area contributed by atoms with Crippen molar-refractivity contribution in [3.63, 3.8) is 0 Å². The SMILES string of the molecule is Cc1cnc(Cl)nc1N(C)C(C)c1cccc(Cl)c1. The minimum Gasteiger partial charge on any atom is -0.353 e. The third kappa shape index (κ3) is 3.17. The minimum atomic E-state index is 0.142. The standard InChI is InChI=1S/C14H15Cl2N3/c1-9-8-17-14(16)18-13(9)19(3)10(2)11-5-4-6-12(15)7-11/h4-8,10H,1-3H3. The summed E-state index contributed by atoms with van der Waals surface area (Å²) in [6, 6.07) is 7.96. The third-order valence-electron chi connectivity index (χ3n) is 3.16. The normalized spacial score (nSPS) is 12.3. The summed E-state index contributed by atoms with van der Waals surface area (Å²) in [6.07, 6.45) is 1.73. The molecule has 19 heavy (non-hydrogen) atoms. The number of halogens is 2. The second kappa shape index (κ2) is 5.76. The van der Waals surface area contributed by atoms with Crippen LogP contribution in [0.2, 0.25) is 10.3 Å². The van der Waals surface area contributed by atoms with Crippen molar-refractivity contribution in [2.75, 3.05) is 11.9 Å². The van der Waals surface area contributed by atoms with Crippen LogP contribution < -0.4 is 4.90 Å². The van der Waals surface area contributed by atoms with Crippen molar-refractivity contribution in [2.24, 2.45) is 0 Å². The van der Waals surface area contributed by atoms with Crippen LogP contribution in [-0.2, 0) is 0 Å². The maximum Gasteiger partial charge on any atom is 0.224 e. The molecule has 0 aliphatic rings. The third-order valence-corrected chi connectivity index (χ3v) is 3.58. The van der Waals surface area contributed by atoms with Crippen LogP contribution in [0.15, 0.2) is 30.5 Å². The molecule has 0 bridgehead atoms. The van der Waals surface area contributed by atoms with Crippen molar-refractivity contribution in [2.45, 2.75) is 19.9 Å². The van der Waals surface area contributed by atoms with E-state index in [2.05, 4.69) is 21.8 Å². The lowest BCUT2D eigenvalue weighted by Crippen LogP contribution is -2.23. The fraction of sp³-hybridized carbons (Fsp3) is 0.286. The first-order valence-corrected chi connectivity index (χ1v) is 6.72. The second-order valence-electron chi connectivity index (χ2n) is 4.49. The van der Waals surface area contributed by atoms with Crippen molar-refractivity contribution < 1.29 is 0 Å². The van der Waals surface area contributed by atoms with Gasteiger partial charge in [-0.25, -0.2) is 9.97 Å². The smallest absolute Gasteiger partial charge is 0.224 e. The molecule has 1 aromatic heterocycles. The van der Waals surface area contributed by atoms with Gasteiger partial charge in [-0.2, -0.15) is 0 Å². The Morgan fingerprint density at radius 1 is 1.26 bits per heavy atom. The van der Waals surface area contributed by atoms with Gasteiger partial charge >= 0.3 is 0 Å². The van der Waals surface area contributed by atoms with E-state index < -0.39 is 0 Å². The van der Waals surface area contributed by atoms with Gasteiger partial charge in [0.25, 0.3) is 0 Å². The molecule has 5 heteroatoms. The Labute approximate surface area is 123 Å². The summed E-state index contributed by atoms with van der Waals surface area (Å²) in [5.41, 5.74) is 2.12. The first kappa shape index (κ1) is 14.1. The highest BCUT2D eigenvalue weighted by Crippen LogP contribution is 2.27. The van der Waals surface area contributed by atoms with Crippen molar-refractivity contribution >= 4 is 29.0 Å². The molecule has 100 valence electrons. The Morgan fingerprint density at radius 3 is 2.68 bits per heavy atom. The minimum absolute atomic E-state index is 0.142. The number of benzene rings is 1. The molecule has 1 atom stereocenters. The van der Waals surface area contributed by atoms with Crippen LogP contribution in [0.1, 0.15) is 24.1 Å². The molecule has 1 aromatic carbocycles. The molecule has 0 fully saturated rings. The molecule has 3 nitrogen and oxygen atoms in total. The summed E-state index contributed by atoms with van der Waals surface area (Å²) < 4.78 is 0. The zero-order valence-corrected chi connectivity index (χ0v) is 12.6. The van der Waals surface area contributed by atoms with Crippen molar-refractivity contribution in [3.05, 3.63) is 51.9 Å². The average molecular weight is 296 g/mol. The number of rotatable bonds is 3. The van der Waals surface area contributed by atoms with E-state index in [1.165, 1.54) is 0 Å². The van der Waals surface area contributed by atoms with Gasteiger partial charge in [-0.1, -0.05) is 23.7 Å². The molecule has 1 heterocycles. The molecule has 1 unspecified atom stereocenters. The molecule has 2 aromatic rings. The number of hydrogen-bond acceptors (Lipinski definition) is 3. The fourth-order valence-corrected chi connectivity index (χ4v) is 2.27. The highest BCUT2D eigenvalue weighted by Gasteiger charge is 2.16. The van der Waals surface area contributed by atoms with Crippen molar-refractivity contribution in [3.8, 4) is 0 Å². The largest absolute Gasteiger partial charge is 0.353 e. The molecule has 0 amide bonds. The van der Waals surface area contributed by atoms with Crippen molar-refractivity contribution in [1.29, 1.82) is 0 Å². The van der Waals surface area contributed by atoms with Gasteiger partial charge in [0.1, 0.15) is 5.82 Å². The van der Waals surface area contributed by atoms with Gasteiger partial charge in [-0.05, 0) is 43.1 Å². The van der Waals surface area contributed by atoms with Crippen LogP contribution in [0.5, 0.6) is 0 Å². The topological polar surface area (TPSA) is 29.0 Å². The van der Waals surface area contributed by atoms with E-state index in [0.717, 1.165) is 22.0 Å². The Bertz CT molecular complexity index is 587. The lowest BCUT2D eigenvalue weighted by Gasteiger charge is -2.27. The van der Waals surface area contributed by atoms with Crippen LogP contribution in [0, 0.1) is 6.92 Å². The molecule has 2 rings (SSSR count). The first-order valence-electron chi connectivity index (χ1n) is 5.96. The number of anilines is 1. The first-order chi connectivity index (χ1) is 8.99. The van der Waals surface area contributed by atoms with Crippen LogP contribution >= 0.6 is 23.2 Å². The van der Waals surface area contributed by atoms with E-state index in [1.54, 1.807) is 6.20 Å². The van der Waals surface area contributed by atoms with Gasteiger partial charge in [0.2, 0.25) is 5.28 Å². The number of nitrogens with zero attached hydrogens (tertiary/aromatic N) is 3. The summed E-state index contributed by atoms with van der Waals surface area (Å²) in [7, 11) is 1.98. The Balaban J connectivity index is 2.33. The average Bonchev–Trinajstić information content (AvgIpc) is 2.40. The molecular weight excluding hydrogens is 281 g/mol. The molecule has 0 aliphatic heterocycles. The Kier molecular flexibility index (Phi) is 4.27. The summed E-state index contributed by atoms with van der Waals surface area (Å²) in [4.78, 5) is 10.3. The maximum atomic E-state index is 6.03. The van der Waals surface area contributed by atoms with Gasteiger partial charge in [-0.15, -0.1) is 0 Å². The summed E-state index contributed by atoms with van der Waals surface area (Å²) >= 11 is 11.9. The Hall–Kier alpha value is -1.32. The zero-order valence-electron chi connectivity index (χ0n) is 11.1. The van der Waals surface area contributed by atoms with E-state index in [0.29, 0.717) is 0 Å². The van der Waals surface area contributed by atoms with Crippen LogP contribution in [0.4, 0.5) is 5.82 Å². The van der Waals surface area contributed by atoms with E-state index in [1.807, 2.05) is 38.2 Å². The van der Waals surface area contributed by atoms with Gasteiger partial charge in [-0.3, -0.25) is 0 Å². The van der Waals surface area contributed by atoms with E-state index in [9.17, 15) is 0 Å². The predicted molar refractivity (Wildman–Crippen MR) is 80.0 cm³/mol. The molecule has 0 aliphatic carbocycles. The number of aryl methyl sites for hydroxylation is 1. The second-order valence-corrected chi connectivity index (χ2v) is 5.26. The van der Waals surface area contributed by atoms with Crippen LogP contribution in [0.3, 0.4) is 0 Å². The number of hydrogen-bond donors (Lipinski definition) is 0. The monoisotopic (exact) mass is 295 g/mol. The molecule has 0 saturated carbocycles. The highest BCUT2D eigenvalue weighted by atomic mass is 35.5. The highest BCUT2D eigenvalue weighted by molar-refractivity contribution is 6.30. The molecular formula is C14H15Cl2N3. The molecule has 0 N–H and O–H groups in total. The predicted octanol–water partition coefficient (Wildman–Crippen LogP) is 4.29. The number of aromatic nitrogens is 2. The fourth-order valence-electron chi connectivity index (χ4n) is 1.94. The summed E-state index contributed by atoms with van der Waals surface area (Å²) in [5.74, 6) is 0.826. The van der Waals surface area contributed by atoms with E-state index in [4.69, 9.17) is 23.2 Å². The van der Waals surface area contributed by atoms with Gasteiger partial charge in [0.15, 0.2) is 0 Å². The molecule has 0 saturated heterocycles. The maximum absolute atomic E-state index is 6.03. The lowest BCUT2D eigenvalue weighted by molar-refractivity contribution is 0.724. The molecule has 0 radical (unpaired) electrons. The van der Waals surface area contributed by atoms with E-state index in [-0.39, 0.29) is 11.3 Å². The van der Waals surface area contributed by atoms with Gasteiger partial charge in [0, 0.05) is 23.8 Å². The van der Waals surface area contributed by atoms with Crippen LogP contribution in [0.25, 0.3) is 0 Å². The quantitative estimate of drug-likeness (QED) is 0.791. The van der Waals surface area contributed by atoms with Gasteiger partial charge < -0.3 is 4.90 Å². The zero-order chi connectivity index (χ0) is 14.0. The Morgan fingerprint density at radius 2 is 2.00 bits per heavy atom. The van der Waals surface area contributed by atoms with Crippen LogP contribution in [-0.4, -0.2) is 17.0 Å². The summed E-state index contributed by atoms with van der Waals surface area (Å²) in [6.45, 7) is 4.06. The molecule has 0 spiro atoms. The van der Waals surface area contributed by atoms with Gasteiger partial charge in [0.05, 0.1) is 6.04 Å². The van der Waals surface area contributed by atoms with Crippen molar-refractivity contribution in [1.82, 2.24) is 9.97 Å². The lowest BCUT2D eigenvalue weighted by atomic mass is 10.1. The van der Waals surface area contributed by atoms with E-state index >= 15 is 0 Å².